The minimum absolute atomic E-state index is 0.0346. The van der Waals surface area contributed by atoms with Gasteiger partial charge >= 0.3 is 6.18 Å². The fourth-order valence-corrected chi connectivity index (χ4v) is 1.89. The van der Waals surface area contributed by atoms with E-state index in [-0.39, 0.29) is 16.7 Å². The van der Waals surface area contributed by atoms with Gasteiger partial charge in [0.2, 0.25) is 0 Å². The number of hydrogen-bond donors (Lipinski definition) is 0. The van der Waals surface area contributed by atoms with E-state index in [1.807, 2.05) is 0 Å². The van der Waals surface area contributed by atoms with Crippen LogP contribution in [-0.2, 0) is 6.18 Å². The van der Waals surface area contributed by atoms with Crippen molar-refractivity contribution in [1.29, 1.82) is 0 Å². The highest BCUT2D eigenvalue weighted by Gasteiger charge is 2.36. The molecule has 2 rings (SSSR count). The lowest BCUT2D eigenvalue weighted by Crippen LogP contribution is -2.15. The van der Waals surface area contributed by atoms with Crippen LogP contribution < -0.4 is 0 Å². The van der Waals surface area contributed by atoms with Crippen LogP contribution in [0, 0.1) is 6.92 Å². The molecule has 5 heteroatoms. The summed E-state index contributed by atoms with van der Waals surface area (Å²) in [6.45, 7) is 1.34. The number of nitrogens with zero attached hydrogens (tertiary/aromatic N) is 1. The van der Waals surface area contributed by atoms with Crippen LogP contribution in [-0.4, -0.2) is 10.8 Å². The van der Waals surface area contributed by atoms with Gasteiger partial charge in [0.1, 0.15) is 0 Å². The molecule has 1 aromatic carbocycles. The molecular weight excluding hydrogens is 255 g/mol. The molecule has 0 radical (unpaired) electrons. The lowest BCUT2D eigenvalue weighted by Gasteiger charge is -2.14. The third-order valence-corrected chi connectivity index (χ3v) is 2.74. The summed E-state index contributed by atoms with van der Waals surface area (Å²) in [6, 6.07) is 6.76. The molecule has 0 aliphatic rings. The highest BCUT2D eigenvalue weighted by atomic mass is 19.4. The molecule has 1 aromatic heterocycles. The number of benzene rings is 1. The second-order valence-electron chi connectivity index (χ2n) is 4.06. The molecule has 1 heterocycles. The Bertz CT molecular complexity index is 606. The van der Waals surface area contributed by atoms with Gasteiger partial charge in [0.25, 0.3) is 0 Å². The van der Waals surface area contributed by atoms with Crippen molar-refractivity contribution in [2.24, 2.45) is 0 Å². The van der Waals surface area contributed by atoms with Crippen molar-refractivity contribution >= 4 is 5.78 Å². The van der Waals surface area contributed by atoms with Gasteiger partial charge in [-0.3, -0.25) is 9.78 Å². The van der Waals surface area contributed by atoms with Crippen LogP contribution in [0.5, 0.6) is 0 Å². The minimum atomic E-state index is -4.55. The number of alkyl halides is 3. The van der Waals surface area contributed by atoms with Crippen molar-refractivity contribution in [3.63, 3.8) is 0 Å². The number of hydrogen-bond acceptors (Lipinski definition) is 2. The van der Waals surface area contributed by atoms with Gasteiger partial charge < -0.3 is 0 Å². The molecule has 0 aliphatic carbocycles. The van der Waals surface area contributed by atoms with Crippen LogP contribution >= 0.6 is 0 Å². The van der Waals surface area contributed by atoms with Crippen LogP contribution in [0.3, 0.4) is 0 Å². The number of rotatable bonds is 2. The van der Waals surface area contributed by atoms with Crippen LogP contribution in [0.25, 0.3) is 0 Å². The fourth-order valence-electron chi connectivity index (χ4n) is 1.89. The van der Waals surface area contributed by atoms with Gasteiger partial charge in [0, 0.05) is 23.5 Å². The van der Waals surface area contributed by atoms with E-state index >= 15 is 0 Å². The van der Waals surface area contributed by atoms with Gasteiger partial charge in [-0.15, -0.1) is 0 Å². The van der Waals surface area contributed by atoms with Gasteiger partial charge in [0.05, 0.1) is 5.56 Å². The summed E-state index contributed by atoms with van der Waals surface area (Å²) in [5.41, 5.74) is -0.992. The number of pyridine rings is 1. The Balaban J connectivity index is 2.58. The summed E-state index contributed by atoms with van der Waals surface area (Å²) in [4.78, 5) is 15.9. The summed E-state index contributed by atoms with van der Waals surface area (Å²) in [6.07, 6.45) is -1.81. The lowest BCUT2D eigenvalue weighted by atomic mass is 9.95. The number of aromatic nitrogens is 1. The number of ketones is 1. The monoisotopic (exact) mass is 265 g/mol. The summed E-state index contributed by atoms with van der Waals surface area (Å²) in [7, 11) is 0. The Morgan fingerprint density at radius 2 is 1.74 bits per heavy atom. The largest absolute Gasteiger partial charge is 0.417 e. The Morgan fingerprint density at radius 3 is 2.32 bits per heavy atom. The first-order valence-electron chi connectivity index (χ1n) is 5.53. The van der Waals surface area contributed by atoms with E-state index in [0.717, 1.165) is 0 Å². The van der Waals surface area contributed by atoms with Crippen molar-refractivity contribution in [1.82, 2.24) is 4.98 Å². The number of carbonyl (C=O) groups is 1. The zero-order valence-electron chi connectivity index (χ0n) is 10.0. The molecule has 0 bridgehead atoms. The van der Waals surface area contributed by atoms with Crippen LogP contribution in [0.1, 0.15) is 27.0 Å². The zero-order valence-corrected chi connectivity index (χ0v) is 10.0. The van der Waals surface area contributed by atoms with Crippen molar-refractivity contribution in [2.45, 2.75) is 13.1 Å². The van der Waals surface area contributed by atoms with Crippen molar-refractivity contribution in [2.75, 3.05) is 0 Å². The Morgan fingerprint density at radius 1 is 1.11 bits per heavy atom. The second-order valence-corrected chi connectivity index (χ2v) is 4.06. The molecule has 0 N–H and O–H groups in total. The van der Waals surface area contributed by atoms with Crippen LogP contribution in [0.15, 0.2) is 42.7 Å². The fraction of sp³-hybridized carbons (Fsp3) is 0.143. The van der Waals surface area contributed by atoms with E-state index in [0.29, 0.717) is 0 Å². The molecule has 0 saturated heterocycles. The molecule has 0 atom stereocenters. The maximum Gasteiger partial charge on any atom is 0.417 e. The average molecular weight is 265 g/mol. The average Bonchev–Trinajstić information content (AvgIpc) is 2.37. The first-order valence-corrected chi connectivity index (χ1v) is 5.53. The highest BCUT2D eigenvalue weighted by Crippen LogP contribution is 2.35. The normalized spacial score (nSPS) is 11.4. The topological polar surface area (TPSA) is 30.0 Å². The highest BCUT2D eigenvalue weighted by molar-refractivity contribution is 6.10. The van der Waals surface area contributed by atoms with E-state index in [9.17, 15) is 18.0 Å². The Labute approximate surface area is 107 Å². The standard InChI is InChI=1S/C14H10F3NO/c1-9-3-2-4-11(12(9)14(15,16)17)13(19)10-5-7-18-8-6-10/h2-8H,1H3. The van der Waals surface area contributed by atoms with E-state index in [1.54, 1.807) is 0 Å². The van der Waals surface area contributed by atoms with Crippen LogP contribution in [0.2, 0.25) is 0 Å². The van der Waals surface area contributed by atoms with E-state index in [1.165, 1.54) is 49.6 Å². The summed E-state index contributed by atoms with van der Waals surface area (Å²) >= 11 is 0. The Hall–Kier alpha value is -2.17. The molecule has 2 nitrogen and oxygen atoms in total. The maximum absolute atomic E-state index is 13.0. The summed E-state index contributed by atoms with van der Waals surface area (Å²) in [5.74, 6) is -0.654. The van der Waals surface area contributed by atoms with Crippen LogP contribution in [0.4, 0.5) is 13.2 Å². The number of halogens is 3. The summed E-state index contributed by atoms with van der Waals surface area (Å²) < 4.78 is 39.1. The van der Waals surface area contributed by atoms with E-state index in [2.05, 4.69) is 4.98 Å². The molecule has 0 fully saturated rings. The molecule has 0 aliphatic heterocycles. The molecule has 0 unspecified atom stereocenters. The molecule has 0 spiro atoms. The lowest BCUT2D eigenvalue weighted by molar-refractivity contribution is -0.138. The van der Waals surface area contributed by atoms with E-state index < -0.39 is 17.5 Å². The smallest absolute Gasteiger partial charge is 0.289 e. The third kappa shape index (κ3) is 2.65. The quantitative estimate of drug-likeness (QED) is 0.776. The van der Waals surface area contributed by atoms with Gasteiger partial charge in [-0.2, -0.15) is 13.2 Å². The van der Waals surface area contributed by atoms with Gasteiger partial charge in [-0.05, 0) is 24.6 Å². The number of carbonyl (C=O) groups excluding carboxylic acids is 1. The second kappa shape index (κ2) is 4.84. The van der Waals surface area contributed by atoms with Crippen molar-refractivity contribution in [3.8, 4) is 0 Å². The molecule has 98 valence electrons. The third-order valence-electron chi connectivity index (χ3n) is 2.74. The van der Waals surface area contributed by atoms with Gasteiger partial charge in [-0.25, -0.2) is 0 Å². The predicted octanol–water partition coefficient (Wildman–Crippen LogP) is 3.64. The summed E-state index contributed by atoms with van der Waals surface area (Å²) in [5, 5.41) is 0. The predicted molar refractivity (Wildman–Crippen MR) is 63.9 cm³/mol. The van der Waals surface area contributed by atoms with Crippen molar-refractivity contribution < 1.29 is 18.0 Å². The van der Waals surface area contributed by atoms with E-state index in [4.69, 9.17) is 0 Å². The minimum Gasteiger partial charge on any atom is -0.289 e. The number of aryl methyl sites for hydroxylation is 1. The van der Waals surface area contributed by atoms with Gasteiger partial charge in [-0.1, -0.05) is 18.2 Å². The molecule has 2 aromatic rings. The molecular formula is C14H10F3NO. The Kier molecular flexibility index (Phi) is 3.38. The zero-order chi connectivity index (χ0) is 14.0. The first-order chi connectivity index (χ1) is 8.91. The first kappa shape index (κ1) is 13.3. The SMILES string of the molecule is Cc1cccc(C(=O)c2ccncc2)c1C(F)(F)F. The van der Waals surface area contributed by atoms with Gasteiger partial charge in [0.15, 0.2) is 5.78 Å². The van der Waals surface area contributed by atoms with Crippen molar-refractivity contribution in [3.05, 3.63) is 65.0 Å². The maximum atomic E-state index is 13.0. The molecule has 0 amide bonds. The molecule has 19 heavy (non-hydrogen) atoms. The molecule has 0 saturated carbocycles.